The Labute approximate surface area is 234 Å². The molecule has 4 saturated carbocycles. The summed E-state index contributed by atoms with van der Waals surface area (Å²) in [5.41, 5.74) is 0.439. The summed E-state index contributed by atoms with van der Waals surface area (Å²) in [7, 11) is 0. The van der Waals surface area contributed by atoms with Gasteiger partial charge in [0, 0.05) is 36.6 Å². The molecule has 2 saturated heterocycles. The topological polar surface area (TPSA) is 64.6 Å². The molecule has 39 heavy (non-hydrogen) atoms. The zero-order chi connectivity index (χ0) is 27.2. The molecule has 1 spiro atoms. The lowest BCUT2D eigenvalue weighted by Crippen LogP contribution is -2.61. The number of esters is 1. The number of piperidine rings is 1. The highest BCUT2D eigenvalue weighted by Crippen LogP contribution is 2.71. The maximum Gasteiger partial charge on any atom is 0.338 e. The first-order valence-corrected chi connectivity index (χ1v) is 15.9. The van der Waals surface area contributed by atoms with E-state index in [1.807, 2.05) is 30.3 Å². The lowest BCUT2D eigenvalue weighted by atomic mass is 9.43. The van der Waals surface area contributed by atoms with Gasteiger partial charge in [0.05, 0.1) is 11.7 Å². The standard InChI is InChI=1S/C34H47NO4/c1-20-12-15-34(35-19-20)21(2)30-28(39-34)17-27-25-11-10-23-16-24(36)13-14-32(23,3)26(25)18-29(33(27,30)4)38-31(37)22-8-6-5-7-9-22/h5-9,20-21,23,25-30,35H,10-19H2,1-4H3/t20-,21+,23+,25-,26+,27+,28+,29-,30+,32+,33-,34-/m1/s1. The second-order valence-corrected chi connectivity index (χ2v) is 14.9. The van der Waals surface area contributed by atoms with Gasteiger partial charge in [-0.2, -0.15) is 0 Å². The first kappa shape index (κ1) is 26.2. The van der Waals surface area contributed by atoms with E-state index in [0.29, 0.717) is 59.2 Å². The molecule has 5 heteroatoms. The van der Waals surface area contributed by atoms with E-state index in [-0.39, 0.29) is 34.7 Å². The van der Waals surface area contributed by atoms with E-state index >= 15 is 0 Å². The summed E-state index contributed by atoms with van der Waals surface area (Å²) in [6, 6.07) is 9.53. The maximum atomic E-state index is 13.6. The summed E-state index contributed by atoms with van der Waals surface area (Å²) in [4.78, 5) is 26.1. The number of fused-ring (bicyclic) bond motifs is 7. The van der Waals surface area contributed by atoms with Crippen molar-refractivity contribution in [2.75, 3.05) is 6.54 Å². The highest BCUT2D eigenvalue weighted by molar-refractivity contribution is 5.89. The molecule has 2 heterocycles. The van der Waals surface area contributed by atoms with Gasteiger partial charge in [0.2, 0.25) is 0 Å². The van der Waals surface area contributed by atoms with Crippen molar-refractivity contribution in [3.8, 4) is 0 Å². The number of Topliss-reactive ketones (excluding diaryl/α,β-unsaturated/α-hetero) is 1. The minimum atomic E-state index is -0.242. The number of nitrogens with one attached hydrogen (secondary N) is 1. The summed E-state index contributed by atoms with van der Waals surface area (Å²) < 4.78 is 13.8. The normalized spacial score (nSPS) is 50.6. The molecule has 6 fully saturated rings. The van der Waals surface area contributed by atoms with E-state index < -0.39 is 0 Å². The summed E-state index contributed by atoms with van der Waals surface area (Å²) in [6.07, 6.45) is 9.16. The summed E-state index contributed by atoms with van der Waals surface area (Å²) in [6.45, 7) is 10.7. The number of ketones is 1. The molecule has 1 N–H and O–H groups in total. The lowest BCUT2D eigenvalue weighted by Gasteiger charge is -2.62. The Bertz CT molecular complexity index is 1130. The fourth-order valence-electron chi connectivity index (χ4n) is 11.1. The van der Waals surface area contributed by atoms with Gasteiger partial charge in [0.15, 0.2) is 0 Å². The Kier molecular flexibility index (Phi) is 6.14. The molecule has 0 radical (unpaired) electrons. The van der Waals surface area contributed by atoms with Crippen LogP contribution in [-0.4, -0.2) is 36.2 Å². The van der Waals surface area contributed by atoms with E-state index in [4.69, 9.17) is 9.47 Å². The highest BCUT2D eigenvalue weighted by atomic mass is 16.5. The number of hydrogen-bond donors (Lipinski definition) is 1. The van der Waals surface area contributed by atoms with Crippen LogP contribution in [0.4, 0.5) is 0 Å². The fraction of sp³-hybridized carbons (Fsp3) is 0.765. The fourth-order valence-corrected chi connectivity index (χ4v) is 11.1. The van der Waals surface area contributed by atoms with Crippen molar-refractivity contribution in [2.45, 2.75) is 103 Å². The third kappa shape index (κ3) is 3.77. The molecule has 1 aromatic rings. The average Bonchev–Trinajstić information content (AvgIpc) is 3.38. The van der Waals surface area contributed by atoms with Gasteiger partial charge in [0.25, 0.3) is 0 Å². The average molecular weight is 534 g/mol. The van der Waals surface area contributed by atoms with E-state index in [0.717, 1.165) is 38.6 Å². The van der Waals surface area contributed by atoms with Gasteiger partial charge in [0.1, 0.15) is 17.6 Å². The SMILES string of the molecule is C[C@@H]1CC[C@@]2(NC1)O[C@H]1C[C@H]3[C@@H]4CC[C@H]5CC(=O)CC[C@]5(C)[C@H]4C[C@@H](OC(=O)c4ccccc4)[C@]3(C)[C@H]1[C@@H]2C. The quantitative estimate of drug-likeness (QED) is 0.445. The van der Waals surface area contributed by atoms with E-state index in [1.54, 1.807) is 0 Å². The second-order valence-electron chi connectivity index (χ2n) is 14.9. The lowest BCUT2D eigenvalue weighted by molar-refractivity contribution is -0.176. The van der Waals surface area contributed by atoms with Crippen LogP contribution in [0.3, 0.4) is 0 Å². The summed E-state index contributed by atoms with van der Waals surface area (Å²) in [5, 5.41) is 3.86. The molecule has 0 amide bonds. The number of ether oxygens (including phenoxy) is 2. The predicted molar refractivity (Wildman–Crippen MR) is 150 cm³/mol. The van der Waals surface area contributed by atoms with Crippen molar-refractivity contribution < 1.29 is 19.1 Å². The number of rotatable bonds is 2. The van der Waals surface area contributed by atoms with Crippen LogP contribution in [0.5, 0.6) is 0 Å². The van der Waals surface area contributed by atoms with Crippen molar-refractivity contribution in [1.29, 1.82) is 0 Å². The van der Waals surface area contributed by atoms with Crippen molar-refractivity contribution in [3.05, 3.63) is 35.9 Å². The molecule has 212 valence electrons. The number of benzene rings is 1. The minimum absolute atomic E-state index is 0.113. The third-order valence-corrected chi connectivity index (χ3v) is 13.3. The molecule has 12 atom stereocenters. The Morgan fingerprint density at radius 2 is 1.82 bits per heavy atom. The molecule has 4 aliphatic carbocycles. The number of hydrogen-bond acceptors (Lipinski definition) is 5. The monoisotopic (exact) mass is 533 g/mol. The number of carbonyl (C=O) groups is 2. The summed E-state index contributed by atoms with van der Waals surface area (Å²) >= 11 is 0. The molecule has 2 aliphatic heterocycles. The molecule has 6 aliphatic rings. The van der Waals surface area contributed by atoms with E-state index in [2.05, 4.69) is 33.0 Å². The maximum absolute atomic E-state index is 13.6. The Hall–Kier alpha value is -1.72. The van der Waals surface area contributed by atoms with Crippen LogP contribution in [0.1, 0.15) is 95.8 Å². The van der Waals surface area contributed by atoms with Crippen LogP contribution in [0.15, 0.2) is 30.3 Å². The van der Waals surface area contributed by atoms with Crippen molar-refractivity contribution in [3.63, 3.8) is 0 Å². The number of carbonyl (C=O) groups excluding carboxylic acids is 2. The first-order chi connectivity index (χ1) is 18.7. The predicted octanol–water partition coefficient (Wildman–Crippen LogP) is 6.41. The van der Waals surface area contributed by atoms with Crippen molar-refractivity contribution in [1.82, 2.24) is 5.32 Å². The van der Waals surface area contributed by atoms with Gasteiger partial charge in [-0.1, -0.05) is 45.9 Å². The molecule has 5 nitrogen and oxygen atoms in total. The molecule has 0 aromatic heterocycles. The van der Waals surface area contributed by atoms with Crippen molar-refractivity contribution in [2.24, 2.45) is 52.3 Å². The molecule has 7 rings (SSSR count). The minimum Gasteiger partial charge on any atom is -0.458 e. The van der Waals surface area contributed by atoms with Crippen LogP contribution < -0.4 is 5.32 Å². The van der Waals surface area contributed by atoms with Gasteiger partial charge in [-0.3, -0.25) is 10.1 Å². The molecular formula is C34H47NO4. The van der Waals surface area contributed by atoms with Crippen LogP contribution in [0, 0.1) is 52.3 Å². The van der Waals surface area contributed by atoms with E-state index in [9.17, 15) is 9.59 Å². The van der Waals surface area contributed by atoms with Gasteiger partial charge >= 0.3 is 5.97 Å². The highest BCUT2D eigenvalue weighted by Gasteiger charge is 2.72. The largest absolute Gasteiger partial charge is 0.458 e. The van der Waals surface area contributed by atoms with E-state index in [1.165, 1.54) is 19.3 Å². The second kappa shape index (κ2) is 9.14. The molecule has 0 bridgehead atoms. The van der Waals surface area contributed by atoms with Gasteiger partial charge in [-0.25, -0.2) is 4.79 Å². The third-order valence-electron chi connectivity index (χ3n) is 13.3. The zero-order valence-corrected chi connectivity index (χ0v) is 24.3. The smallest absolute Gasteiger partial charge is 0.338 e. The van der Waals surface area contributed by atoms with Crippen LogP contribution in [-0.2, 0) is 14.3 Å². The van der Waals surface area contributed by atoms with Gasteiger partial charge in [-0.05, 0) is 92.1 Å². The molecule has 1 aromatic carbocycles. The van der Waals surface area contributed by atoms with Gasteiger partial charge < -0.3 is 9.47 Å². The van der Waals surface area contributed by atoms with Crippen LogP contribution >= 0.6 is 0 Å². The Morgan fingerprint density at radius 3 is 2.56 bits per heavy atom. The summed E-state index contributed by atoms with van der Waals surface area (Å²) in [5.74, 6) is 3.75. The Balaban J connectivity index is 1.25. The molecular weight excluding hydrogens is 486 g/mol. The van der Waals surface area contributed by atoms with Crippen molar-refractivity contribution >= 4 is 11.8 Å². The zero-order valence-electron chi connectivity index (χ0n) is 24.3. The van der Waals surface area contributed by atoms with Gasteiger partial charge in [-0.15, -0.1) is 0 Å². The first-order valence-electron chi connectivity index (χ1n) is 15.9. The van der Waals surface area contributed by atoms with Crippen LogP contribution in [0.2, 0.25) is 0 Å². The Morgan fingerprint density at radius 1 is 1.03 bits per heavy atom. The van der Waals surface area contributed by atoms with Crippen LogP contribution in [0.25, 0.3) is 0 Å². The molecule has 0 unspecified atom stereocenters.